The fourth-order valence-electron chi connectivity index (χ4n) is 4.27. The van der Waals surface area contributed by atoms with Gasteiger partial charge < -0.3 is 9.80 Å². The lowest BCUT2D eigenvalue weighted by atomic mass is 10.0. The van der Waals surface area contributed by atoms with Crippen LogP contribution in [0.15, 0.2) is 42.5 Å². The van der Waals surface area contributed by atoms with E-state index in [1.165, 1.54) is 18.2 Å². The number of carbonyl (C=O) groups excluding carboxylic acids is 1. The Labute approximate surface area is 213 Å². The molecule has 1 aliphatic rings. The van der Waals surface area contributed by atoms with Crippen LogP contribution in [-0.4, -0.2) is 51.9 Å². The van der Waals surface area contributed by atoms with Crippen LogP contribution in [0.4, 0.5) is 11.5 Å². The molecule has 0 atom stereocenters. The number of halogens is 2. The zero-order valence-corrected chi connectivity index (χ0v) is 21.0. The van der Waals surface area contributed by atoms with Crippen LogP contribution in [0, 0.1) is 17.0 Å². The molecule has 1 saturated heterocycles. The second-order valence-corrected chi connectivity index (χ2v) is 9.22. The van der Waals surface area contributed by atoms with E-state index in [9.17, 15) is 14.9 Å². The van der Waals surface area contributed by atoms with E-state index in [-0.39, 0.29) is 22.2 Å². The predicted octanol–water partition coefficient (Wildman–Crippen LogP) is 5.12. The first kappa shape index (κ1) is 24.9. The van der Waals surface area contributed by atoms with Crippen LogP contribution in [-0.2, 0) is 12.8 Å². The van der Waals surface area contributed by atoms with Crippen molar-refractivity contribution in [3.8, 4) is 0 Å². The molecule has 0 saturated carbocycles. The van der Waals surface area contributed by atoms with Gasteiger partial charge in [-0.2, -0.15) is 0 Å². The number of nitrogens with zero attached hydrogens (tertiary/aromatic N) is 5. The molecule has 182 valence electrons. The highest BCUT2D eigenvalue weighted by Gasteiger charge is 2.27. The topological polar surface area (TPSA) is 92.5 Å². The quantitative estimate of drug-likeness (QED) is 0.335. The van der Waals surface area contributed by atoms with Gasteiger partial charge >= 0.3 is 0 Å². The third-order valence-electron chi connectivity index (χ3n) is 6.07. The molecule has 2 heterocycles. The van der Waals surface area contributed by atoms with Crippen molar-refractivity contribution in [2.24, 2.45) is 0 Å². The molecule has 1 aromatic heterocycles. The molecule has 0 radical (unpaired) electrons. The molecule has 0 bridgehead atoms. The van der Waals surface area contributed by atoms with E-state index in [4.69, 9.17) is 28.2 Å². The minimum Gasteiger partial charge on any atom is -0.353 e. The third-order valence-corrected chi connectivity index (χ3v) is 6.64. The Kier molecular flexibility index (Phi) is 7.52. The second-order valence-electron chi connectivity index (χ2n) is 8.38. The van der Waals surface area contributed by atoms with Crippen molar-refractivity contribution in [2.75, 3.05) is 31.1 Å². The van der Waals surface area contributed by atoms with Crippen LogP contribution in [0.1, 0.15) is 39.9 Å². The standard InChI is InChI=1S/C25H25Cl2N5O3/c1-3-22-20(14-17-4-7-19(26)8-5-17)24(29-16(2)28-22)30-10-12-31(13-11-30)25(33)18-6-9-21(27)23(15-18)32(34)35/h4-9,15H,3,10-14H2,1-2H3. The van der Waals surface area contributed by atoms with Gasteiger partial charge in [-0.3, -0.25) is 14.9 Å². The van der Waals surface area contributed by atoms with Crippen molar-refractivity contribution in [1.29, 1.82) is 0 Å². The summed E-state index contributed by atoms with van der Waals surface area (Å²) >= 11 is 12.0. The number of anilines is 1. The largest absolute Gasteiger partial charge is 0.353 e. The molecule has 1 amide bonds. The fourth-order valence-corrected chi connectivity index (χ4v) is 4.58. The number of hydrogen-bond acceptors (Lipinski definition) is 6. The Bertz CT molecular complexity index is 1260. The Balaban J connectivity index is 1.54. The summed E-state index contributed by atoms with van der Waals surface area (Å²) in [6.45, 7) is 6.10. The Morgan fingerprint density at radius 1 is 1.06 bits per heavy atom. The first-order valence-electron chi connectivity index (χ1n) is 11.4. The van der Waals surface area contributed by atoms with Crippen LogP contribution in [0.25, 0.3) is 0 Å². The molecule has 0 unspecified atom stereocenters. The van der Waals surface area contributed by atoms with E-state index in [0.29, 0.717) is 43.4 Å². The summed E-state index contributed by atoms with van der Waals surface area (Å²) in [6, 6.07) is 11.9. The lowest BCUT2D eigenvalue weighted by Gasteiger charge is -2.36. The summed E-state index contributed by atoms with van der Waals surface area (Å²) in [5.74, 6) is 1.35. The highest BCUT2D eigenvalue weighted by Crippen LogP contribution is 2.28. The van der Waals surface area contributed by atoms with Crippen LogP contribution >= 0.6 is 23.2 Å². The van der Waals surface area contributed by atoms with Crippen molar-refractivity contribution in [3.63, 3.8) is 0 Å². The van der Waals surface area contributed by atoms with Gasteiger partial charge in [-0.15, -0.1) is 0 Å². The van der Waals surface area contributed by atoms with Crippen LogP contribution < -0.4 is 4.90 Å². The van der Waals surface area contributed by atoms with E-state index in [1.807, 2.05) is 31.2 Å². The molecule has 1 aliphatic heterocycles. The lowest BCUT2D eigenvalue weighted by Crippen LogP contribution is -2.49. The fraction of sp³-hybridized carbons (Fsp3) is 0.320. The van der Waals surface area contributed by atoms with Gasteiger partial charge in [-0.05, 0) is 43.2 Å². The van der Waals surface area contributed by atoms with Gasteiger partial charge in [0.2, 0.25) is 0 Å². The molecule has 0 spiro atoms. The van der Waals surface area contributed by atoms with Gasteiger partial charge in [0.05, 0.1) is 4.92 Å². The van der Waals surface area contributed by atoms with E-state index in [0.717, 1.165) is 29.1 Å². The maximum absolute atomic E-state index is 13.0. The van der Waals surface area contributed by atoms with Gasteiger partial charge in [-0.1, -0.05) is 42.3 Å². The summed E-state index contributed by atoms with van der Waals surface area (Å²) in [7, 11) is 0. The van der Waals surface area contributed by atoms with Gasteiger partial charge in [0.15, 0.2) is 0 Å². The monoisotopic (exact) mass is 513 g/mol. The van der Waals surface area contributed by atoms with Crippen molar-refractivity contribution in [1.82, 2.24) is 14.9 Å². The molecular weight excluding hydrogens is 489 g/mol. The minimum absolute atomic E-state index is 0.00967. The van der Waals surface area contributed by atoms with E-state index >= 15 is 0 Å². The number of rotatable bonds is 6. The highest BCUT2D eigenvalue weighted by molar-refractivity contribution is 6.32. The van der Waals surface area contributed by atoms with Gasteiger partial charge in [0, 0.05) is 60.5 Å². The SMILES string of the molecule is CCc1nc(C)nc(N2CCN(C(=O)c3ccc(Cl)c([N+](=O)[O-])c3)CC2)c1Cc1ccc(Cl)cc1. The molecule has 8 nitrogen and oxygen atoms in total. The summed E-state index contributed by atoms with van der Waals surface area (Å²) in [5.41, 5.74) is 3.19. The molecule has 3 aromatic rings. The molecule has 10 heteroatoms. The number of aromatic nitrogens is 2. The summed E-state index contributed by atoms with van der Waals surface area (Å²) in [5, 5.41) is 11.9. The minimum atomic E-state index is -0.581. The summed E-state index contributed by atoms with van der Waals surface area (Å²) < 4.78 is 0. The number of carbonyl (C=O) groups is 1. The number of amides is 1. The first-order chi connectivity index (χ1) is 16.8. The summed E-state index contributed by atoms with van der Waals surface area (Å²) in [4.78, 5) is 37.0. The molecule has 0 aliphatic carbocycles. The van der Waals surface area contributed by atoms with Crippen molar-refractivity contribution >= 4 is 40.6 Å². The third kappa shape index (κ3) is 5.55. The van der Waals surface area contributed by atoms with Crippen molar-refractivity contribution in [3.05, 3.63) is 90.8 Å². The molecule has 35 heavy (non-hydrogen) atoms. The Morgan fingerprint density at radius 3 is 2.37 bits per heavy atom. The average Bonchev–Trinajstić information content (AvgIpc) is 2.86. The predicted molar refractivity (Wildman–Crippen MR) is 137 cm³/mol. The van der Waals surface area contributed by atoms with Crippen molar-refractivity contribution in [2.45, 2.75) is 26.7 Å². The number of nitro benzene ring substituents is 1. The van der Waals surface area contributed by atoms with Crippen LogP contribution in [0.2, 0.25) is 10.0 Å². The van der Waals surface area contributed by atoms with Gasteiger partial charge in [-0.25, -0.2) is 9.97 Å². The zero-order chi connectivity index (χ0) is 25.1. The number of nitro groups is 1. The Morgan fingerprint density at radius 2 is 1.74 bits per heavy atom. The molecule has 2 aromatic carbocycles. The number of aryl methyl sites for hydroxylation is 2. The van der Waals surface area contributed by atoms with E-state index in [1.54, 1.807) is 4.90 Å². The maximum atomic E-state index is 13.0. The van der Waals surface area contributed by atoms with Crippen molar-refractivity contribution < 1.29 is 9.72 Å². The normalized spacial score (nSPS) is 13.7. The zero-order valence-electron chi connectivity index (χ0n) is 19.5. The smallest absolute Gasteiger partial charge is 0.288 e. The van der Waals surface area contributed by atoms with Gasteiger partial charge in [0.25, 0.3) is 11.6 Å². The average molecular weight is 514 g/mol. The molecular formula is C25H25Cl2N5O3. The first-order valence-corrected chi connectivity index (χ1v) is 12.1. The van der Waals surface area contributed by atoms with E-state index < -0.39 is 4.92 Å². The Hall–Kier alpha value is -3.23. The van der Waals surface area contributed by atoms with Gasteiger partial charge in [0.1, 0.15) is 16.7 Å². The van der Waals surface area contributed by atoms with E-state index in [2.05, 4.69) is 16.8 Å². The number of hydrogen-bond donors (Lipinski definition) is 0. The summed E-state index contributed by atoms with van der Waals surface area (Å²) in [6.07, 6.45) is 1.47. The molecule has 0 N–H and O–H groups in total. The number of benzene rings is 2. The lowest BCUT2D eigenvalue weighted by molar-refractivity contribution is -0.384. The van der Waals surface area contributed by atoms with Crippen LogP contribution in [0.3, 0.4) is 0 Å². The maximum Gasteiger partial charge on any atom is 0.288 e. The molecule has 1 fully saturated rings. The number of piperazine rings is 1. The molecule has 4 rings (SSSR count). The van der Waals surface area contributed by atoms with Crippen LogP contribution in [0.5, 0.6) is 0 Å². The highest BCUT2D eigenvalue weighted by atomic mass is 35.5. The second kappa shape index (κ2) is 10.6.